The van der Waals surface area contributed by atoms with Gasteiger partial charge in [-0.25, -0.2) is 0 Å². The zero-order chi connectivity index (χ0) is 6.69. The van der Waals surface area contributed by atoms with E-state index in [0.717, 1.165) is 5.92 Å². The van der Waals surface area contributed by atoms with Crippen molar-refractivity contribution in [2.75, 3.05) is 7.11 Å². The Hall–Kier alpha value is -0.0400. The Morgan fingerprint density at radius 3 is 2.33 bits per heavy atom. The van der Waals surface area contributed by atoms with Gasteiger partial charge in [-0.05, 0) is 18.8 Å². The highest BCUT2D eigenvalue weighted by Crippen LogP contribution is 2.25. The van der Waals surface area contributed by atoms with Crippen molar-refractivity contribution in [2.45, 2.75) is 38.7 Å². The number of hydrogen-bond acceptors (Lipinski definition) is 1. The van der Waals surface area contributed by atoms with Gasteiger partial charge < -0.3 is 4.74 Å². The van der Waals surface area contributed by atoms with Crippen LogP contribution in [0.3, 0.4) is 0 Å². The summed E-state index contributed by atoms with van der Waals surface area (Å²) in [6.45, 7) is 2.29. The van der Waals surface area contributed by atoms with Gasteiger partial charge in [0.2, 0.25) is 0 Å². The molecule has 1 nitrogen and oxygen atoms in total. The van der Waals surface area contributed by atoms with Crippen molar-refractivity contribution in [3.05, 3.63) is 0 Å². The summed E-state index contributed by atoms with van der Waals surface area (Å²) in [4.78, 5) is 0. The zero-order valence-electron chi connectivity index (χ0n) is 6.39. The van der Waals surface area contributed by atoms with Crippen LogP contribution >= 0.6 is 0 Å². The molecule has 0 aromatic rings. The third-order valence-electron chi connectivity index (χ3n) is 2.34. The van der Waals surface area contributed by atoms with Gasteiger partial charge in [0, 0.05) is 7.11 Å². The first-order chi connectivity index (χ1) is 4.34. The molecule has 54 valence electrons. The van der Waals surface area contributed by atoms with Gasteiger partial charge in [-0.1, -0.05) is 19.8 Å². The first-order valence-electron chi connectivity index (χ1n) is 3.87. The molecule has 1 fully saturated rings. The maximum absolute atomic E-state index is 5.30. The maximum Gasteiger partial charge on any atom is 0.0596 e. The molecular formula is C8H16O. The Bertz CT molecular complexity index is 80.6. The summed E-state index contributed by atoms with van der Waals surface area (Å²) >= 11 is 0. The molecular weight excluding hydrogens is 112 g/mol. The lowest BCUT2D eigenvalue weighted by molar-refractivity contribution is 0.0310. The quantitative estimate of drug-likeness (QED) is 0.526. The minimum atomic E-state index is 0.554. The van der Waals surface area contributed by atoms with Crippen molar-refractivity contribution in [1.82, 2.24) is 0 Å². The third kappa shape index (κ3) is 1.68. The Morgan fingerprint density at radius 2 is 1.89 bits per heavy atom. The highest BCUT2D eigenvalue weighted by molar-refractivity contribution is 4.71. The van der Waals surface area contributed by atoms with Crippen LogP contribution in [0.25, 0.3) is 0 Å². The smallest absolute Gasteiger partial charge is 0.0596 e. The van der Waals surface area contributed by atoms with Crippen LogP contribution in [0, 0.1) is 5.92 Å². The van der Waals surface area contributed by atoms with Crippen LogP contribution in [-0.4, -0.2) is 13.2 Å². The second kappa shape index (κ2) is 3.21. The molecule has 0 amide bonds. The van der Waals surface area contributed by atoms with Crippen molar-refractivity contribution >= 4 is 0 Å². The molecule has 9 heavy (non-hydrogen) atoms. The van der Waals surface area contributed by atoms with Gasteiger partial charge in [0.25, 0.3) is 0 Å². The predicted molar refractivity (Wildman–Crippen MR) is 38.4 cm³/mol. The minimum Gasteiger partial charge on any atom is -0.381 e. The van der Waals surface area contributed by atoms with Crippen LogP contribution in [-0.2, 0) is 4.74 Å². The third-order valence-corrected chi connectivity index (χ3v) is 2.34. The largest absolute Gasteiger partial charge is 0.381 e. The number of rotatable bonds is 1. The van der Waals surface area contributed by atoms with E-state index in [2.05, 4.69) is 6.92 Å². The molecule has 0 spiro atoms. The molecule has 1 heteroatoms. The fourth-order valence-corrected chi connectivity index (χ4v) is 1.63. The Kier molecular flexibility index (Phi) is 2.52. The Balaban J connectivity index is 2.30. The molecule has 0 aromatic carbocycles. The SMILES string of the molecule is CO[C@@H]1CCCCC1C. The van der Waals surface area contributed by atoms with E-state index in [1.807, 2.05) is 7.11 Å². The average Bonchev–Trinajstić information content (AvgIpc) is 1.89. The van der Waals surface area contributed by atoms with E-state index in [-0.39, 0.29) is 0 Å². The van der Waals surface area contributed by atoms with E-state index in [1.165, 1.54) is 25.7 Å². The van der Waals surface area contributed by atoms with Crippen LogP contribution in [0.5, 0.6) is 0 Å². The molecule has 0 aliphatic heterocycles. The minimum absolute atomic E-state index is 0.554. The van der Waals surface area contributed by atoms with E-state index in [9.17, 15) is 0 Å². The first kappa shape index (κ1) is 7.07. The summed E-state index contributed by atoms with van der Waals surface area (Å²) in [5.41, 5.74) is 0. The summed E-state index contributed by atoms with van der Waals surface area (Å²) in [6, 6.07) is 0. The van der Waals surface area contributed by atoms with Crippen LogP contribution < -0.4 is 0 Å². The Labute approximate surface area is 57.4 Å². The van der Waals surface area contributed by atoms with Gasteiger partial charge in [-0.3, -0.25) is 0 Å². The number of ether oxygens (including phenoxy) is 1. The van der Waals surface area contributed by atoms with E-state index >= 15 is 0 Å². The summed E-state index contributed by atoms with van der Waals surface area (Å²) in [5.74, 6) is 0.795. The molecule has 1 aliphatic carbocycles. The van der Waals surface area contributed by atoms with Crippen LogP contribution in [0.2, 0.25) is 0 Å². The Morgan fingerprint density at radius 1 is 1.22 bits per heavy atom. The van der Waals surface area contributed by atoms with Crippen molar-refractivity contribution in [1.29, 1.82) is 0 Å². The second-order valence-electron chi connectivity index (χ2n) is 3.04. The van der Waals surface area contributed by atoms with Crippen molar-refractivity contribution in [2.24, 2.45) is 5.92 Å². The molecule has 0 bridgehead atoms. The maximum atomic E-state index is 5.30. The van der Waals surface area contributed by atoms with Gasteiger partial charge in [-0.2, -0.15) is 0 Å². The second-order valence-corrected chi connectivity index (χ2v) is 3.04. The molecule has 1 aliphatic rings. The summed E-state index contributed by atoms with van der Waals surface area (Å²) in [6.07, 6.45) is 5.96. The fourth-order valence-electron chi connectivity index (χ4n) is 1.63. The molecule has 0 heterocycles. The molecule has 0 N–H and O–H groups in total. The van der Waals surface area contributed by atoms with Crippen molar-refractivity contribution in [3.63, 3.8) is 0 Å². The fraction of sp³-hybridized carbons (Fsp3) is 1.00. The monoisotopic (exact) mass is 128 g/mol. The molecule has 1 unspecified atom stereocenters. The lowest BCUT2D eigenvalue weighted by atomic mass is 9.88. The number of methoxy groups -OCH3 is 1. The lowest BCUT2D eigenvalue weighted by Gasteiger charge is -2.26. The molecule has 0 aromatic heterocycles. The summed E-state index contributed by atoms with van der Waals surface area (Å²) < 4.78 is 5.30. The van der Waals surface area contributed by atoms with E-state index in [1.54, 1.807) is 0 Å². The molecule has 1 saturated carbocycles. The number of hydrogen-bond donors (Lipinski definition) is 0. The van der Waals surface area contributed by atoms with E-state index < -0.39 is 0 Å². The molecule has 1 rings (SSSR count). The highest BCUT2D eigenvalue weighted by atomic mass is 16.5. The van der Waals surface area contributed by atoms with Crippen molar-refractivity contribution in [3.8, 4) is 0 Å². The molecule has 0 saturated heterocycles. The van der Waals surface area contributed by atoms with E-state index in [0.29, 0.717) is 6.10 Å². The lowest BCUT2D eigenvalue weighted by Crippen LogP contribution is -2.23. The molecule has 2 atom stereocenters. The van der Waals surface area contributed by atoms with E-state index in [4.69, 9.17) is 4.74 Å². The topological polar surface area (TPSA) is 9.23 Å². The van der Waals surface area contributed by atoms with Gasteiger partial charge in [0.15, 0.2) is 0 Å². The van der Waals surface area contributed by atoms with Crippen LogP contribution in [0.15, 0.2) is 0 Å². The summed E-state index contributed by atoms with van der Waals surface area (Å²) in [5, 5.41) is 0. The van der Waals surface area contributed by atoms with Gasteiger partial charge >= 0.3 is 0 Å². The standard InChI is InChI=1S/C8H16O/c1-7-5-3-4-6-8(7)9-2/h7-8H,3-6H2,1-2H3/t7?,8-/m1/s1. The van der Waals surface area contributed by atoms with Gasteiger partial charge in [-0.15, -0.1) is 0 Å². The van der Waals surface area contributed by atoms with Crippen molar-refractivity contribution < 1.29 is 4.74 Å². The normalized spacial score (nSPS) is 36.7. The van der Waals surface area contributed by atoms with Crippen LogP contribution in [0.4, 0.5) is 0 Å². The highest BCUT2D eigenvalue weighted by Gasteiger charge is 2.19. The molecule has 0 radical (unpaired) electrons. The van der Waals surface area contributed by atoms with Gasteiger partial charge in [0.05, 0.1) is 6.10 Å². The predicted octanol–water partition coefficient (Wildman–Crippen LogP) is 2.21. The zero-order valence-corrected chi connectivity index (χ0v) is 6.39. The first-order valence-corrected chi connectivity index (χ1v) is 3.87. The van der Waals surface area contributed by atoms with Gasteiger partial charge in [0.1, 0.15) is 0 Å². The summed E-state index contributed by atoms with van der Waals surface area (Å²) in [7, 11) is 1.83. The van der Waals surface area contributed by atoms with Crippen LogP contribution in [0.1, 0.15) is 32.6 Å². The average molecular weight is 128 g/mol.